The van der Waals surface area contributed by atoms with Crippen LogP contribution in [0.1, 0.15) is 38.0 Å². The topological polar surface area (TPSA) is 84.3 Å². The van der Waals surface area contributed by atoms with Gasteiger partial charge in [-0.05, 0) is 19.9 Å². The van der Waals surface area contributed by atoms with Gasteiger partial charge in [-0.25, -0.2) is 9.97 Å². The summed E-state index contributed by atoms with van der Waals surface area (Å²) in [6.45, 7) is 5.96. The molecule has 0 aliphatic rings. The third-order valence-electron chi connectivity index (χ3n) is 2.79. The Morgan fingerprint density at radius 1 is 1.33 bits per heavy atom. The summed E-state index contributed by atoms with van der Waals surface area (Å²) >= 11 is 0. The molecule has 0 saturated carbocycles. The molecule has 1 unspecified atom stereocenters. The van der Waals surface area contributed by atoms with Gasteiger partial charge >= 0.3 is 0 Å². The first-order valence-corrected chi connectivity index (χ1v) is 6.30. The highest BCUT2D eigenvalue weighted by molar-refractivity contribution is 4.99. The predicted octanol–water partition coefficient (Wildman–Crippen LogP) is 0.699. The normalized spacial score (nSPS) is 12.8. The van der Waals surface area contributed by atoms with E-state index >= 15 is 0 Å². The summed E-state index contributed by atoms with van der Waals surface area (Å²) in [5.74, 6) is 1.80. The highest BCUT2D eigenvalue weighted by Gasteiger charge is 2.17. The molecule has 2 aromatic heterocycles. The summed E-state index contributed by atoms with van der Waals surface area (Å²) in [6.07, 6.45) is 4.95. The molecule has 0 saturated heterocycles. The molecule has 0 aliphatic carbocycles. The van der Waals surface area contributed by atoms with Crippen LogP contribution >= 0.6 is 0 Å². The van der Waals surface area contributed by atoms with E-state index in [1.807, 2.05) is 4.68 Å². The second-order valence-corrected chi connectivity index (χ2v) is 4.07. The molecule has 0 fully saturated rings. The fraction of sp³-hybridized carbons (Fsp3) is 0.636. The van der Waals surface area contributed by atoms with Crippen LogP contribution in [0.4, 0.5) is 0 Å². The molecular formula is C11H19N7. The van der Waals surface area contributed by atoms with E-state index in [9.17, 15) is 0 Å². The molecule has 2 rings (SSSR count). The molecule has 2 N–H and O–H groups in total. The Labute approximate surface area is 106 Å². The van der Waals surface area contributed by atoms with Gasteiger partial charge in [0.25, 0.3) is 0 Å². The molecule has 0 aromatic carbocycles. The van der Waals surface area contributed by atoms with Crippen molar-refractivity contribution >= 4 is 0 Å². The van der Waals surface area contributed by atoms with Crippen LogP contribution in [0.5, 0.6) is 0 Å². The third-order valence-corrected chi connectivity index (χ3v) is 2.79. The van der Waals surface area contributed by atoms with Crippen LogP contribution in [-0.2, 0) is 13.0 Å². The van der Waals surface area contributed by atoms with Crippen molar-refractivity contribution in [1.82, 2.24) is 35.3 Å². The lowest BCUT2D eigenvalue weighted by atomic mass is 10.2. The van der Waals surface area contributed by atoms with E-state index in [2.05, 4.69) is 44.4 Å². The van der Waals surface area contributed by atoms with E-state index in [-0.39, 0.29) is 6.04 Å². The van der Waals surface area contributed by atoms with Crippen LogP contribution in [-0.4, -0.2) is 36.5 Å². The molecule has 0 radical (unpaired) electrons. The van der Waals surface area contributed by atoms with Crippen molar-refractivity contribution in [1.29, 1.82) is 0 Å². The van der Waals surface area contributed by atoms with Gasteiger partial charge in [-0.15, -0.1) is 0 Å². The van der Waals surface area contributed by atoms with Gasteiger partial charge in [0.05, 0.1) is 6.04 Å². The van der Waals surface area contributed by atoms with Gasteiger partial charge < -0.3 is 5.32 Å². The lowest BCUT2D eigenvalue weighted by molar-refractivity contribution is 0.478. The highest BCUT2D eigenvalue weighted by Crippen LogP contribution is 2.12. The molecule has 2 heterocycles. The standard InChI is InChI=1S/C11H19N7/c1-3-5-12-9(11-14-7-15-17-11)6-10-13-8-16-18(10)4-2/h7-9,12H,3-6H2,1-2H3,(H,14,15,17). The molecule has 7 nitrogen and oxygen atoms in total. The Morgan fingerprint density at radius 2 is 2.22 bits per heavy atom. The molecule has 0 spiro atoms. The zero-order valence-corrected chi connectivity index (χ0v) is 10.8. The van der Waals surface area contributed by atoms with Crippen molar-refractivity contribution in [2.75, 3.05) is 6.54 Å². The first kappa shape index (κ1) is 12.7. The van der Waals surface area contributed by atoms with Crippen LogP contribution in [0, 0.1) is 0 Å². The van der Waals surface area contributed by atoms with Gasteiger partial charge in [-0.3, -0.25) is 9.78 Å². The summed E-state index contributed by atoms with van der Waals surface area (Å²) in [5.41, 5.74) is 0. The van der Waals surface area contributed by atoms with Crippen LogP contribution in [0.2, 0.25) is 0 Å². The van der Waals surface area contributed by atoms with Crippen molar-refractivity contribution in [3.63, 3.8) is 0 Å². The maximum Gasteiger partial charge on any atom is 0.141 e. The smallest absolute Gasteiger partial charge is 0.141 e. The molecule has 0 bridgehead atoms. The fourth-order valence-electron chi connectivity index (χ4n) is 1.86. The van der Waals surface area contributed by atoms with Crippen LogP contribution in [0.15, 0.2) is 12.7 Å². The molecule has 98 valence electrons. The van der Waals surface area contributed by atoms with Crippen molar-refractivity contribution in [3.8, 4) is 0 Å². The minimum absolute atomic E-state index is 0.0990. The number of nitrogens with one attached hydrogen (secondary N) is 2. The zero-order chi connectivity index (χ0) is 12.8. The zero-order valence-electron chi connectivity index (χ0n) is 10.8. The van der Waals surface area contributed by atoms with E-state index in [0.29, 0.717) is 0 Å². The van der Waals surface area contributed by atoms with E-state index in [1.165, 1.54) is 6.33 Å². The Balaban J connectivity index is 2.10. The third kappa shape index (κ3) is 2.92. The Hall–Kier alpha value is -1.76. The minimum atomic E-state index is 0.0990. The van der Waals surface area contributed by atoms with E-state index in [1.54, 1.807) is 6.33 Å². The average molecular weight is 249 g/mol. The summed E-state index contributed by atoms with van der Waals surface area (Å²) in [6, 6.07) is 0.0990. The minimum Gasteiger partial charge on any atom is -0.307 e. The van der Waals surface area contributed by atoms with Gasteiger partial charge in [0.1, 0.15) is 24.3 Å². The summed E-state index contributed by atoms with van der Waals surface area (Å²) in [7, 11) is 0. The highest BCUT2D eigenvalue weighted by atomic mass is 15.3. The van der Waals surface area contributed by atoms with Crippen molar-refractivity contribution in [2.24, 2.45) is 0 Å². The molecule has 7 heteroatoms. The van der Waals surface area contributed by atoms with Crippen molar-refractivity contribution in [2.45, 2.75) is 39.3 Å². The number of rotatable bonds is 7. The first-order valence-electron chi connectivity index (χ1n) is 6.30. The molecule has 1 atom stereocenters. The number of nitrogens with zero attached hydrogens (tertiary/aromatic N) is 5. The SMILES string of the molecule is CCCNC(Cc1ncnn1CC)c1ncn[nH]1. The van der Waals surface area contributed by atoms with Gasteiger partial charge in [-0.1, -0.05) is 6.92 Å². The maximum atomic E-state index is 4.29. The Kier molecular flexibility index (Phi) is 4.40. The number of aryl methyl sites for hydroxylation is 1. The number of hydrogen-bond acceptors (Lipinski definition) is 5. The average Bonchev–Trinajstić information content (AvgIpc) is 3.04. The number of H-pyrrole nitrogens is 1. The van der Waals surface area contributed by atoms with Gasteiger partial charge in [0, 0.05) is 13.0 Å². The van der Waals surface area contributed by atoms with Crippen LogP contribution in [0.25, 0.3) is 0 Å². The largest absolute Gasteiger partial charge is 0.307 e. The monoisotopic (exact) mass is 249 g/mol. The number of hydrogen-bond donors (Lipinski definition) is 2. The Bertz CT molecular complexity index is 448. The van der Waals surface area contributed by atoms with Gasteiger partial charge in [0.2, 0.25) is 0 Å². The molecule has 0 amide bonds. The lowest BCUT2D eigenvalue weighted by Gasteiger charge is -2.15. The maximum absolute atomic E-state index is 4.29. The molecule has 0 aliphatic heterocycles. The number of aromatic nitrogens is 6. The molecule has 2 aromatic rings. The van der Waals surface area contributed by atoms with Crippen molar-refractivity contribution in [3.05, 3.63) is 24.3 Å². The van der Waals surface area contributed by atoms with E-state index < -0.39 is 0 Å². The van der Waals surface area contributed by atoms with Gasteiger partial charge in [0.15, 0.2) is 0 Å². The summed E-state index contributed by atoms with van der Waals surface area (Å²) < 4.78 is 1.90. The lowest BCUT2D eigenvalue weighted by Crippen LogP contribution is -2.26. The summed E-state index contributed by atoms with van der Waals surface area (Å²) in [5, 5.41) is 14.4. The Morgan fingerprint density at radius 3 is 2.89 bits per heavy atom. The first-order chi connectivity index (χ1) is 8.85. The van der Waals surface area contributed by atoms with Crippen LogP contribution < -0.4 is 5.32 Å². The quantitative estimate of drug-likeness (QED) is 0.754. The van der Waals surface area contributed by atoms with E-state index in [0.717, 1.165) is 37.6 Å². The summed E-state index contributed by atoms with van der Waals surface area (Å²) in [4.78, 5) is 8.51. The van der Waals surface area contributed by atoms with Gasteiger partial charge in [-0.2, -0.15) is 10.2 Å². The second-order valence-electron chi connectivity index (χ2n) is 4.07. The number of aromatic amines is 1. The molecular weight excluding hydrogens is 230 g/mol. The molecule has 18 heavy (non-hydrogen) atoms. The van der Waals surface area contributed by atoms with Crippen molar-refractivity contribution < 1.29 is 0 Å². The van der Waals surface area contributed by atoms with Crippen LogP contribution in [0.3, 0.4) is 0 Å². The second kappa shape index (κ2) is 6.25. The predicted molar refractivity (Wildman–Crippen MR) is 66.8 cm³/mol. The van der Waals surface area contributed by atoms with E-state index in [4.69, 9.17) is 0 Å². The fourth-order valence-corrected chi connectivity index (χ4v) is 1.86.